The topological polar surface area (TPSA) is 104 Å². The van der Waals surface area contributed by atoms with Crippen LogP contribution in [0.3, 0.4) is 0 Å². The molecule has 0 spiro atoms. The van der Waals surface area contributed by atoms with Gasteiger partial charge in [-0.15, -0.1) is 0 Å². The molecule has 1 saturated carbocycles. The smallest absolute Gasteiger partial charge is 0.270 e. The number of nitro groups is 1. The third kappa shape index (κ3) is 4.18. The zero-order valence-electron chi connectivity index (χ0n) is 14.2. The van der Waals surface area contributed by atoms with Crippen molar-refractivity contribution in [3.05, 3.63) is 69.8 Å². The van der Waals surface area contributed by atoms with Crippen LogP contribution in [0.2, 0.25) is 0 Å². The molecule has 0 aromatic heterocycles. The molecule has 7 heteroatoms. The van der Waals surface area contributed by atoms with Gasteiger partial charge < -0.3 is 15.7 Å². The minimum absolute atomic E-state index is 0.146. The Morgan fingerprint density at radius 1 is 1.19 bits per heavy atom. The molecule has 1 amide bonds. The number of non-ortho nitro benzene ring substituents is 1. The van der Waals surface area contributed by atoms with Crippen LogP contribution in [0, 0.1) is 10.1 Å². The number of nitrogens with one attached hydrogen (secondary N) is 2. The Morgan fingerprint density at radius 3 is 2.62 bits per heavy atom. The average molecular weight is 355 g/mol. The molecule has 136 valence electrons. The lowest BCUT2D eigenvalue weighted by atomic mass is 10.1. The molecule has 2 aromatic rings. The second kappa shape index (κ2) is 7.97. The molecule has 0 bridgehead atoms. The number of benzene rings is 2. The van der Waals surface area contributed by atoms with E-state index in [1.165, 1.54) is 18.2 Å². The van der Waals surface area contributed by atoms with Gasteiger partial charge in [0.2, 0.25) is 0 Å². The third-order valence-corrected chi connectivity index (χ3v) is 4.57. The maximum atomic E-state index is 12.6. The lowest BCUT2D eigenvalue weighted by molar-refractivity contribution is -0.384. The molecule has 2 atom stereocenters. The largest absolute Gasteiger partial charge is 0.391 e. The van der Waals surface area contributed by atoms with Crippen molar-refractivity contribution in [3.63, 3.8) is 0 Å². The van der Waals surface area contributed by atoms with Crippen molar-refractivity contribution in [1.29, 1.82) is 0 Å². The number of anilines is 1. The van der Waals surface area contributed by atoms with Crippen LogP contribution in [0.4, 0.5) is 11.4 Å². The second-order valence-electron chi connectivity index (χ2n) is 6.40. The molecule has 1 aliphatic carbocycles. The number of amides is 1. The van der Waals surface area contributed by atoms with E-state index in [0.29, 0.717) is 18.7 Å². The van der Waals surface area contributed by atoms with Gasteiger partial charge >= 0.3 is 0 Å². The maximum absolute atomic E-state index is 12.6. The van der Waals surface area contributed by atoms with Crippen LogP contribution in [0.25, 0.3) is 0 Å². The number of hydrogen-bond acceptors (Lipinski definition) is 5. The van der Waals surface area contributed by atoms with Crippen molar-refractivity contribution < 1.29 is 14.8 Å². The van der Waals surface area contributed by atoms with E-state index < -0.39 is 16.9 Å². The van der Waals surface area contributed by atoms with Crippen molar-refractivity contribution in [2.45, 2.75) is 38.0 Å². The van der Waals surface area contributed by atoms with Crippen molar-refractivity contribution in [2.75, 3.05) is 5.32 Å². The van der Waals surface area contributed by atoms with Crippen molar-refractivity contribution >= 4 is 17.3 Å². The van der Waals surface area contributed by atoms with Gasteiger partial charge in [-0.3, -0.25) is 14.9 Å². The fourth-order valence-electron chi connectivity index (χ4n) is 3.14. The number of nitro benzene ring substituents is 1. The highest BCUT2D eigenvalue weighted by Crippen LogP contribution is 2.27. The molecule has 0 aliphatic heterocycles. The number of hydrogen-bond donors (Lipinski definition) is 3. The summed E-state index contributed by atoms with van der Waals surface area (Å²) in [5.41, 5.74) is 1.49. The van der Waals surface area contributed by atoms with Crippen molar-refractivity contribution in [3.8, 4) is 0 Å². The highest BCUT2D eigenvalue weighted by molar-refractivity contribution is 6.00. The Morgan fingerprint density at radius 2 is 1.96 bits per heavy atom. The highest BCUT2D eigenvalue weighted by atomic mass is 16.6. The predicted molar refractivity (Wildman–Crippen MR) is 98.0 cm³/mol. The first kappa shape index (κ1) is 17.9. The summed E-state index contributed by atoms with van der Waals surface area (Å²) in [6.07, 6.45) is 1.93. The molecule has 0 radical (unpaired) electrons. The lowest BCUT2D eigenvalue weighted by Crippen LogP contribution is -2.30. The number of nitrogens with zero attached hydrogens (tertiary/aromatic N) is 1. The van der Waals surface area contributed by atoms with Crippen LogP contribution in [0.15, 0.2) is 48.5 Å². The molecular formula is C19H21N3O4. The molecule has 1 aliphatic rings. The van der Waals surface area contributed by atoms with Gasteiger partial charge in [0, 0.05) is 24.4 Å². The summed E-state index contributed by atoms with van der Waals surface area (Å²) in [7, 11) is 0. The van der Waals surface area contributed by atoms with Crippen LogP contribution in [0.1, 0.15) is 35.2 Å². The third-order valence-electron chi connectivity index (χ3n) is 4.57. The van der Waals surface area contributed by atoms with E-state index in [1.54, 1.807) is 0 Å². The van der Waals surface area contributed by atoms with Crippen LogP contribution in [-0.2, 0) is 6.54 Å². The SMILES string of the molecule is O=C(NCc1ccccc1)c1cc([N+](=O)[O-])ccc1N[C@@H]1CCC[C@H]1O. The minimum atomic E-state index is -0.526. The fraction of sp³-hybridized carbons (Fsp3) is 0.316. The summed E-state index contributed by atoms with van der Waals surface area (Å²) in [4.78, 5) is 23.2. The molecule has 1 fully saturated rings. The van der Waals surface area contributed by atoms with Crippen molar-refractivity contribution in [2.24, 2.45) is 0 Å². The minimum Gasteiger partial charge on any atom is -0.391 e. The number of rotatable bonds is 6. The summed E-state index contributed by atoms with van der Waals surface area (Å²) in [6.45, 7) is 0.327. The van der Waals surface area contributed by atoms with Gasteiger partial charge in [0.05, 0.1) is 22.6 Å². The second-order valence-corrected chi connectivity index (χ2v) is 6.40. The van der Waals surface area contributed by atoms with Crippen LogP contribution < -0.4 is 10.6 Å². The molecule has 2 aromatic carbocycles. The van der Waals surface area contributed by atoms with Crippen LogP contribution in [0.5, 0.6) is 0 Å². The van der Waals surface area contributed by atoms with E-state index in [0.717, 1.165) is 18.4 Å². The first-order valence-corrected chi connectivity index (χ1v) is 8.60. The summed E-state index contributed by atoms with van der Waals surface area (Å²) >= 11 is 0. The number of carbonyl (C=O) groups is 1. The maximum Gasteiger partial charge on any atom is 0.270 e. The van der Waals surface area contributed by atoms with Gasteiger partial charge in [-0.25, -0.2) is 0 Å². The predicted octanol–water partition coefficient (Wildman–Crippen LogP) is 2.85. The Balaban J connectivity index is 1.80. The van der Waals surface area contributed by atoms with Gasteiger partial charge in [-0.1, -0.05) is 30.3 Å². The van der Waals surface area contributed by atoms with Gasteiger partial charge in [0.25, 0.3) is 11.6 Å². The van der Waals surface area contributed by atoms with Gasteiger partial charge in [0.15, 0.2) is 0 Å². The van der Waals surface area contributed by atoms with E-state index in [9.17, 15) is 20.0 Å². The fourth-order valence-corrected chi connectivity index (χ4v) is 3.14. The monoisotopic (exact) mass is 355 g/mol. The standard InChI is InChI=1S/C19H21N3O4/c23-18-8-4-7-17(18)21-16-10-9-14(22(25)26)11-15(16)19(24)20-12-13-5-2-1-3-6-13/h1-3,5-6,9-11,17-18,21,23H,4,7-8,12H2,(H,20,24)/t17-,18-/m1/s1. The van der Waals surface area contributed by atoms with Crippen LogP contribution in [-0.4, -0.2) is 28.1 Å². The first-order valence-electron chi connectivity index (χ1n) is 8.60. The first-order chi connectivity index (χ1) is 12.5. The number of aliphatic hydroxyl groups is 1. The van der Waals surface area contributed by atoms with E-state index >= 15 is 0 Å². The molecule has 26 heavy (non-hydrogen) atoms. The average Bonchev–Trinajstić information content (AvgIpc) is 3.05. The molecule has 0 saturated heterocycles. The Hall–Kier alpha value is -2.93. The van der Waals surface area contributed by atoms with E-state index in [-0.39, 0.29) is 17.3 Å². The quantitative estimate of drug-likeness (QED) is 0.546. The van der Waals surface area contributed by atoms with E-state index in [4.69, 9.17) is 0 Å². The number of aliphatic hydroxyl groups excluding tert-OH is 1. The normalized spacial score (nSPS) is 19.1. The zero-order valence-corrected chi connectivity index (χ0v) is 14.2. The van der Waals surface area contributed by atoms with Crippen molar-refractivity contribution in [1.82, 2.24) is 5.32 Å². The van der Waals surface area contributed by atoms with E-state index in [1.807, 2.05) is 30.3 Å². The van der Waals surface area contributed by atoms with Gasteiger partial charge in [0.1, 0.15) is 0 Å². The summed E-state index contributed by atoms with van der Waals surface area (Å²) in [5.74, 6) is -0.396. The molecular weight excluding hydrogens is 334 g/mol. The molecule has 7 nitrogen and oxygen atoms in total. The summed E-state index contributed by atoms with van der Waals surface area (Å²) in [6, 6.07) is 13.4. The van der Waals surface area contributed by atoms with Gasteiger partial charge in [-0.05, 0) is 30.9 Å². The molecule has 3 rings (SSSR count). The Labute approximate surface area is 151 Å². The highest BCUT2D eigenvalue weighted by Gasteiger charge is 2.27. The van der Waals surface area contributed by atoms with Crippen LogP contribution >= 0.6 is 0 Å². The van der Waals surface area contributed by atoms with E-state index in [2.05, 4.69) is 10.6 Å². The Bertz CT molecular complexity index is 795. The molecule has 3 N–H and O–H groups in total. The lowest BCUT2D eigenvalue weighted by Gasteiger charge is -2.20. The summed E-state index contributed by atoms with van der Waals surface area (Å²) < 4.78 is 0. The van der Waals surface area contributed by atoms with Gasteiger partial charge in [-0.2, -0.15) is 0 Å². The molecule has 0 unspecified atom stereocenters. The zero-order chi connectivity index (χ0) is 18.5. The number of carbonyl (C=O) groups excluding carboxylic acids is 1. The summed E-state index contributed by atoms with van der Waals surface area (Å²) in [5, 5.41) is 27.0. The molecule has 0 heterocycles. The Kier molecular flexibility index (Phi) is 5.48.